The summed E-state index contributed by atoms with van der Waals surface area (Å²) in [6.45, 7) is 6.83. The molecular weight excluding hydrogens is 396 g/mol. The highest BCUT2D eigenvalue weighted by molar-refractivity contribution is 14.0. The first-order valence-corrected chi connectivity index (χ1v) is 7.44. The fourth-order valence-electron chi connectivity index (χ4n) is 1.90. The van der Waals surface area contributed by atoms with Crippen LogP contribution in [0.5, 0.6) is 0 Å². The molecule has 0 spiro atoms. The van der Waals surface area contributed by atoms with E-state index in [1.54, 1.807) is 20.0 Å². The van der Waals surface area contributed by atoms with E-state index in [1.165, 1.54) is 6.07 Å². The third kappa shape index (κ3) is 8.53. The van der Waals surface area contributed by atoms with Crippen molar-refractivity contribution in [1.29, 1.82) is 0 Å². The van der Waals surface area contributed by atoms with E-state index in [-0.39, 0.29) is 29.8 Å². The predicted octanol–water partition coefficient (Wildman–Crippen LogP) is 3.23. The Kier molecular flexibility index (Phi) is 12.1. The zero-order valence-electron chi connectivity index (χ0n) is 13.6. The van der Waals surface area contributed by atoms with Crippen molar-refractivity contribution in [3.63, 3.8) is 0 Å². The molecule has 0 radical (unpaired) electrons. The Morgan fingerprint density at radius 2 is 2.05 bits per heavy atom. The molecule has 2 N–H and O–H groups in total. The largest absolute Gasteiger partial charge is 0.382 e. The number of guanidine groups is 1. The van der Waals surface area contributed by atoms with Gasteiger partial charge in [0.15, 0.2) is 5.96 Å². The van der Waals surface area contributed by atoms with Gasteiger partial charge < -0.3 is 15.4 Å². The highest BCUT2D eigenvalue weighted by Crippen LogP contribution is 2.08. The third-order valence-corrected chi connectivity index (χ3v) is 3.12. The summed E-state index contributed by atoms with van der Waals surface area (Å²) < 4.78 is 18.5. The maximum Gasteiger partial charge on any atom is 0.191 e. The van der Waals surface area contributed by atoms with Crippen LogP contribution in [-0.2, 0) is 11.3 Å². The summed E-state index contributed by atoms with van der Waals surface area (Å²) in [6, 6.07) is 5.12. The highest BCUT2D eigenvalue weighted by Gasteiger charge is 2.01. The molecule has 1 aromatic carbocycles. The van der Waals surface area contributed by atoms with Crippen LogP contribution in [0.25, 0.3) is 0 Å². The van der Waals surface area contributed by atoms with Gasteiger partial charge in [0.1, 0.15) is 5.82 Å². The minimum Gasteiger partial charge on any atom is -0.382 e. The fourth-order valence-corrected chi connectivity index (χ4v) is 1.90. The van der Waals surface area contributed by atoms with Crippen LogP contribution in [0.2, 0.25) is 0 Å². The van der Waals surface area contributed by atoms with Crippen molar-refractivity contribution >= 4 is 29.9 Å². The van der Waals surface area contributed by atoms with Gasteiger partial charge in [-0.3, -0.25) is 4.99 Å². The molecular formula is C16H27FIN3O. The molecule has 0 aromatic heterocycles. The SMILES string of the molecule is CCOCCCCNC(=NC)NCc1ccc(F)c(C)c1.I. The van der Waals surface area contributed by atoms with Crippen LogP contribution in [0.1, 0.15) is 30.9 Å². The molecule has 0 atom stereocenters. The molecule has 1 rings (SSSR count). The van der Waals surface area contributed by atoms with Gasteiger partial charge in [-0.15, -0.1) is 24.0 Å². The van der Waals surface area contributed by atoms with E-state index < -0.39 is 0 Å². The summed E-state index contributed by atoms with van der Waals surface area (Å²) in [5.74, 6) is 0.587. The third-order valence-electron chi connectivity index (χ3n) is 3.12. The highest BCUT2D eigenvalue weighted by atomic mass is 127. The van der Waals surface area contributed by atoms with Crippen molar-refractivity contribution in [2.75, 3.05) is 26.8 Å². The number of unbranched alkanes of at least 4 members (excludes halogenated alkanes) is 1. The second-order valence-corrected chi connectivity index (χ2v) is 4.84. The van der Waals surface area contributed by atoms with E-state index in [9.17, 15) is 4.39 Å². The zero-order chi connectivity index (χ0) is 15.5. The van der Waals surface area contributed by atoms with Crippen molar-refractivity contribution < 1.29 is 9.13 Å². The number of aryl methyl sites for hydroxylation is 1. The summed E-state index contributed by atoms with van der Waals surface area (Å²) in [4.78, 5) is 4.17. The molecule has 6 heteroatoms. The number of halogens is 2. The number of aliphatic imine (C=N–C) groups is 1. The molecule has 0 unspecified atom stereocenters. The van der Waals surface area contributed by atoms with Gasteiger partial charge in [-0.1, -0.05) is 12.1 Å². The average molecular weight is 423 g/mol. The Morgan fingerprint density at radius 3 is 2.68 bits per heavy atom. The van der Waals surface area contributed by atoms with Gasteiger partial charge in [-0.2, -0.15) is 0 Å². The lowest BCUT2D eigenvalue weighted by molar-refractivity contribution is 0.143. The summed E-state index contributed by atoms with van der Waals surface area (Å²) in [6.07, 6.45) is 2.07. The van der Waals surface area contributed by atoms with Crippen molar-refractivity contribution in [2.24, 2.45) is 4.99 Å². The number of hydrogen-bond donors (Lipinski definition) is 2. The Balaban J connectivity index is 0.00000441. The van der Waals surface area contributed by atoms with Crippen LogP contribution in [0.3, 0.4) is 0 Å². The molecule has 126 valence electrons. The molecule has 0 heterocycles. The van der Waals surface area contributed by atoms with Crippen LogP contribution in [0.4, 0.5) is 4.39 Å². The van der Waals surface area contributed by atoms with Crippen molar-refractivity contribution in [3.05, 3.63) is 35.1 Å². The smallest absolute Gasteiger partial charge is 0.191 e. The van der Waals surface area contributed by atoms with Crippen molar-refractivity contribution in [1.82, 2.24) is 10.6 Å². The molecule has 0 aliphatic rings. The summed E-state index contributed by atoms with van der Waals surface area (Å²) >= 11 is 0. The van der Waals surface area contributed by atoms with Gasteiger partial charge in [-0.25, -0.2) is 4.39 Å². The van der Waals surface area contributed by atoms with E-state index in [1.807, 2.05) is 13.0 Å². The van der Waals surface area contributed by atoms with Crippen molar-refractivity contribution in [3.8, 4) is 0 Å². The number of rotatable bonds is 8. The molecule has 1 aromatic rings. The summed E-state index contributed by atoms with van der Waals surface area (Å²) in [5, 5.41) is 6.47. The average Bonchev–Trinajstić information content (AvgIpc) is 2.49. The van der Waals surface area contributed by atoms with Gasteiger partial charge in [0.25, 0.3) is 0 Å². The molecule has 0 fully saturated rings. The maximum absolute atomic E-state index is 13.2. The summed E-state index contributed by atoms with van der Waals surface area (Å²) in [5.41, 5.74) is 1.70. The van der Waals surface area contributed by atoms with Gasteiger partial charge in [-0.05, 0) is 43.9 Å². The van der Waals surface area contributed by atoms with Crippen LogP contribution >= 0.6 is 24.0 Å². The Bertz CT molecular complexity index is 455. The molecule has 22 heavy (non-hydrogen) atoms. The first-order valence-electron chi connectivity index (χ1n) is 7.44. The van der Waals surface area contributed by atoms with Crippen LogP contribution in [0.15, 0.2) is 23.2 Å². The number of nitrogens with one attached hydrogen (secondary N) is 2. The first-order chi connectivity index (χ1) is 10.2. The molecule has 0 aliphatic heterocycles. The Hall–Kier alpha value is -0.890. The molecule has 0 aliphatic carbocycles. The lowest BCUT2D eigenvalue weighted by atomic mass is 10.1. The maximum atomic E-state index is 13.2. The van der Waals surface area contributed by atoms with Crippen molar-refractivity contribution in [2.45, 2.75) is 33.2 Å². The van der Waals surface area contributed by atoms with Gasteiger partial charge in [0.05, 0.1) is 0 Å². The first kappa shape index (κ1) is 21.1. The quantitative estimate of drug-likeness (QED) is 0.292. The topological polar surface area (TPSA) is 45.6 Å². The van der Waals surface area contributed by atoms with E-state index in [2.05, 4.69) is 15.6 Å². The lowest BCUT2D eigenvalue weighted by Crippen LogP contribution is -2.37. The summed E-state index contributed by atoms with van der Waals surface area (Å²) in [7, 11) is 1.74. The minimum absolute atomic E-state index is 0. The second-order valence-electron chi connectivity index (χ2n) is 4.84. The van der Waals surface area contributed by atoms with E-state index >= 15 is 0 Å². The second kappa shape index (κ2) is 12.6. The normalized spacial score (nSPS) is 11.0. The molecule has 0 bridgehead atoms. The Morgan fingerprint density at radius 1 is 1.27 bits per heavy atom. The molecule has 4 nitrogen and oxygen atoms in total. The predicted molar refractivity (Wildman–Crippen MR) is 100 cm³/mol. The minimum atomic E-state index is -0.171. The number of hydrogen-bond acceptors (Lipinski definition) is 2. The van der Waals surface area contributed by atoms with Crippen LogP contribution < -0.4 is 10.6 Å². The van der Waals surface area contributed by atoms with Gasteiger partial charge in [0, 0.05) is 33.4 Å². The standard InChI is InChI=1S/C16H26FN3O.HI/c1-4-21-10-6-5-9-19-16(18-3)20-12-14-7-8-15(17)13(2)11-14;/h7-8,11H,4-6,9-10,12H2,1-3H3,(H2,18,19,20);1H. The van der Waals surface area contributed by atoms with Gasteiger partial charge >= 0.3 is 0 Å². The molecule has 0 amide bonds. The van der Waals surface area contributed by atoms with E-state index in [0.717, 1.165) is 44.1 Å². The van der Waals surface area contributed by atoms with E-state index in [0.29, 0.717) is 12.1 Å². The van der Waals surface area contributed by atoms with Crippen LogP contribution in [0, 0.1) is 12.7 Å². The molecule has 0 saturated heterocycles. The number of nitrogens with zero attached hydrogens (tertiary/aromatic N) is 1. The number of ether oxygens (including phenoxy) is 1. The lowest BCUT2D eigenvalue weighted by Gasteiger charge is -2.12. The number of benzene rings is 1. The van der Waals surface area contributed by atoms with E-state index in [4.69, 9.17) is 4.74 Å². The van der Waals surface area contributed by atoms with Gasteiger partial charge in [0.2, 0.25) is 0 Å². The monoisotopic (exact) mass is 423 g/mol. The van der Waals surface area contributed by atoms with Crippen LogP contribution in [-0.4, -0.2) is 32.8 Å². The zero-order valence-corrected chi connectivity index (χ0v) is 15.9. The molecule has 0 saturated carbocycles. The fraction of sp³-hybridized carbons (Fsp3) is 0.562. The Labute approximate surface area is 149 Å².